The maximum atomic E-state index is 13.2. The van der Waals surface area contributed by atoms with Crippen LogP contribution >= 0.6 is 11.6 Å². The molecule has 3 aliphatic heterocycles. The highest BCUT2D eigenvalue weighted by molar-refractivity contribution is 6.19. The number of phenols is 1. The van der Waals surface area contributed by atoms with Crippen LogP contribution in [-0.4, -0.2) is 66.8 Å². The van der Waals surface area contributed by atoms with E-state index in [0.29, 0.717) is 48.2 Å². The number of alkyl halides is 1. The molecule has 0 aliphatic carbocycles. The van der Waals surface area contributed by atoms with Crippen molar-refractivity contribution in [2.75, 3.05) is 37.6 Å². The fraction of sp³-hybridized carbons (Fsp3) is 0.406. The molecule has 0 saturated carbocycles. The van der Waals surface area contributed by atoms with Crippen molar-refractivity contribution in [1.82, 2.24) is 4.90 Å². The number of aromatic hydroxyl groups is 1. The Kier molecular flexibility index (Phi) is 7.75. The molecule has 0 unspecified atom stereocenters. The SMILES string of the molecule is COc1cc2c(cc1OCCCCCC(=O)N1C[C@H](CCl)c3c1cc(O)c1ccccc31)N=C[C@@H]1CCCN1C2=O. The van der Waals surface area contributed by atoms with Gasteiger partial charge >= 0.3 is 0 Å². The Morgan fingerprint density at radius 2 is 1.95 bits per heavy atom. The Morgan fingerprint density at radius 3 is 2.76 bits per heavy atom. The molecule has 9 heteroatoms. The molecule has 3 aromatic rings. The smallest absolute Gasteiger partial charge is 0.256 e. The monoisotopic (exact) mass is 575 g/mol. The first-order valence-electron chi connectivity index (χ1n) is 14.3. The molecular formula is C32H34ClN3O5. The number of fused-ring (bicyclic) bond motifs is 5. The van der Waals surface area contributed by atoms with Crippen molar-refractivity contribution >= 4 is 51.8 Å². The van der Waals surface area contributed by atoms with E-state index in [1.54, 1.807) is 30.2 Å². The second kappa shape index (κ2) is 11.6. The van der Waals surface area contributed by atoms with Gasteiger partial charge in [0.1, 0.15) is 5.75 Å². The minimum atomic E-state index is -0.0177. The number of rotatable bonds is 9. The summed E-state index contributed by atoms with van der Waals surface area (Å²) >= 11 is 6.31. The minimum absolute atomic E-state index is 0.0177. The summed E-state index contributed by atoms with van der Waals surface area (Å²) in [6.07, 6.45) is 6.48. The molecule has 2 atom stereocenters. The first kappa shape index (κ1) is 27.4. The van der Waals surface area contributed by atoms with Crippen molar-refractivity contribution in [2.45, 2.75) is 50.5 Å². The van der Waals surface area contributed by atoms with Crippen LogP contribution in [0.25, 0.3) is 10.8 Å². The highest BCUT2D eigenvalue weighted by atomic mass is 35.5. The molecule has 1 fully saturated rings. The quantitative estimate of drug-likeness (QED) is 0.243. The van der Waals surface area contributed by atoms with Gasteiger partial charge in [0.2, 0.25) is 5.91 Å². The highest BCUT2D eigenvalue weighted by Crippen LogP contribution is 2.45. The summed E-state index contributed by atoms with van der Waals surface area (Å²) in [6.45, 7) is 1.72. The van der Waals surface area contributed by atoms with Gasteiger partial charge < -0.3 is 24.4 Å². The van der Waals surface area contributed by atoms with Gasteiger partial charge in [0.25, 0.3) is 5.91 Å². The lowest BCUT2D eigenvalue weighted by Gasteiger charge is -2.20. The lowest BCUT2D eigenvalue weighted by Crippen LogP contribution is -2.35. The molecule has 6 rings (SSSR count). The predicted molar refractivity (Wildman–Crippen MR) is 161 cm³/mol. The van der Waals surface area contributed by atoms with Crippen LogP contribution in [0.2, 0.25) is 0 Å². The van der Waals surface area contributed by atoms with Crippen LogP contribution in [0.4, 0.5) is 11.4 Å². The zero-order valence-electron chi connectivity index (χ0n) is 23.1. The number of aliphatic imine (C=N–C) groups is 1. The average Bonchev–Trinajstić information content (AvgIpc) is 3.59. The summed E-state index contributed by atoms with van der Waals surface area (Å²) in [5.41, 5.74) is 2.94. The lowest BCUT2D eigenvalue weighted by atomic mass is 9.95. The number of phenolic OH excluding ortho intramolecular Hbond substituents is 1. The molecule has 0 spiro atoms. The molecule has 41 heavy (non-hydrogen) atoms. The molecule has 8 nitrogen and oxygen atoms in total. The van der Waals surface area contributed by atoms with Crippen LogP contribution in [0, 0.1) is 0 Å². The van der Waals surface area contributed by atoms with E-state index in [0.717, 1.165) is 60.7 Å². The van der Waals surface area contributed by atoms with E-state index in [-0.39, 0.29) is 29.5 Å². The topological polar surface area (TPSA) is 91.7 Å². The number of hydrogen-bond acceptors (Lipinski definition) is 6. The molecule has 2 amide bonds. The third-order valence-electron chi connectivity index (χ3n) is 8.38. The zero-order chi connectivity index (χ0) is 28.5. The number of benzene rings is 3. The van der Waals surface area contributed by atoms with Crippen molar-refractivity contribution in [3.8, 4) is 17.2 Å². The van der Waals surface area contributed by atoms with Gasteiger partial charge in [0.05, 0.1) is 36.7 Å². The fourth-order valence-corrected chi connectivity index (χ4v) is 6.53. The van der Waals surface area contributed by atoms with Gasteiger partial charge in [-0.2, -0.15) is 0 Å². The third kappa shape index (κ3) is 5.10. The van der Waals surface area contributed by atoms with Gasteiger partial charge in [0, 0.05) is 55.0 Å². The highest BCUT2D eigenvalue weighted by Gasteiger charge is 2.34. The van der Waals surface area contributed by atoms with Crippen molar-refractivity contribution in [3.63, 3.8) is 0 Å². The van der Waals surface area contributed by atoms with Crippen LogP contribution in [0.1, 0.15) is 60.4 Å². The number of methoxy groups -OCH3 is 1. The van der Waals surface area contributed by atoms with E-state index in [1.807, 2.05) is 35.4 Å². The summed E-state index contributed by atoms with van der Waals surface area (Å²) in [7, 11) is 1.57. The van der Waals surface area contributed by atoms with Crippen molar-refractivity contribution < 1.29 is 24.2 Å². The molecule has 1 saturated heterocycles. The fourth-order valence-electron chi connectivity index (χ4n) is 6.28. The van der Waals surface area contributed by atoms with Gasteiger partial charge in [-0.25, -0.2) is 0 Å². The maximum absolute atomic E-state index is 13.2. The van der Waals surface area contributed by atoms with Crippen molar-refractivity contribution in [3.05, 3.63) is 53.6 Å². The molecule has 3 heterocycles. The van der Waals surface area contributed by atoms with Crippen LogP contribution in [0.5, 0.6) is 17.2 Å². The first-order chi connectivity index (χ1) is 20.0. The molecule has 0 radical (unpaired) electrons. The van der Waals surface area contributed by atoms with Crippen LogP contribution in [-0.2, 0) is 4.79 Å². The number of halogens is 1. The summed E-state index contributed by atoms with van der Waals surface area (Å²) in [6, 6.07) is 13.0. The van der Waals surface area contributed by atoms with E-state index in [1.165, 1.54) is 0 Å². The van der Waals surface area contributed by atoms with Gasteiger partial charge in [-0.1, -0.05) is 24.3 Å². The van der Waals surface area contributed by atoms with Crippen LogP contribution in [0.15, 0.2) is 47.5 Å². The number of anilines is 1. The molecular weight excluding hydrogens is 542 g/mol. The number of amides is 2. The minimum Gasteiger partial charge on any atom is -0.507 e. The Hall–Kier alpha value is -3.78. The molecule has 1 N–H and O–H groups in total. The average molecular weight is 576 g/mol. The van der Waals surface area contributed by atoms with Crippen LogP contribution < -0.4 is 14.4 Å². The number of carbonyl (C=O) groups is 2. The van der Waals surface area contributed by atoms with Gasteiger partial charge in [-0.05, 0) is 49.1 Å². The Balaban J connectivity index is 1.05. The lowest BCUT2D eigenvalue weighted by molar-refractivity contribution is -0.118. The van der Waals surface area contributed by atoms with E-state index in [9.17, 15) is 14.7 Å². The summed E-state index contributed by atoms with van der Waals surface area (Å²) in [5.74, 6) is 1.70. The van der Waals surface area contributed by atoms with Gasteiger partial charge in [0.15, 0.2) is 11.5 Å². The second-order valence-corrected chi connectivity index (χ2v) is 11.2. The van der Waals surface area contributed by atoms with Crippen molar-refractivity contribution in [1.29, 1.82) is 0 Å². The number of nitrogens with zero attached hydrogens (tertiary/aromatic N) is 3. The van der Waals surface area contributed by atoms with E-state index >= 15 is 0 Å². The first-order valence-corrected chi connectivity index (χ1v) is 14.8. The zero-order valence-corrected chi connectivity index (χ0v) is 23.9. The summed E-state index contributed by atoms with van der Waals surface area (Å²) < 4.78 is 11.6. The Morgan fingerprint density at radius 1 is 1.12 bits per heavy atom. The standard InChI is InChI=1S/C32H34ClN3O5/c1-40-28-14-24-25(34-18-21-8-7-12-35(21)32(24)39)15-29(28)41-13-6-2-3-11-30(38)36-19-20(17-33)31-23-10-5-4-9-22(23)27(37)16-26(31)36/h4-5,9-10,14-16,18,20-21,37H,2-3,6-8,11-13,17,19H2,1H3/t20-,21-/m0/s1. The van der Waals surface area contributed by atoms with Gasteiger partial charge in [-0.3, -0.25) is 14.6 Å². The van der Waals surface area contributed by atoms with E-state index in [4.69, 9.17) is 21.1 Å². The number of ether oxygens (including phenoxy) is 2. The van der Waals surface area contributed by atoms with E-state index < -0.39 is 0 Å². The summed E-state index contributed by atoms with van der Waals surface area (Å²) in [5, 5.41) is 12.3. The van der Waals surface area contributed by atoms with E-state index in [2.05, 4.69) is 4.99 Å². The Bertz CT molecular complexity index is 1520. The molecule has 0 bridgehead atoms. The Labute approximate surface area is 244 Å². The largest absolute Gasteiger partial charge is 0.507 e. The normalized spacial score (nSPS) is 19.2. The second-order valence-electron chi connectivity index (χ2n) is 10.9. The summed E-state index contributed by atoms with van der Waals surface area (Å²) in [4.78, 5) is 34.5. The number of hydrogen-bond donors (Lipinski definition) is 1. The van der Waals surface area contributed by atoms with Crippen molar-refractivity contribution in [2.24, 2.45) is 4.99 Å². The van der Waals surface area contributed by atoms with Gasteiger partial charge in [-0.15, -0.1) is 11.6 Å². The number of unbranched alkanes of at least 4 members (excludes halogenated alkanes) is 2. The third-order valence-corrected chi connectivity index (χ3v) is 8.76. The molecule has 214 valence electrons. The molecule has 3 aliphatic rings. The predicted octanol–water partition coefficient (Wildman–Crippen LogP) is 6.18. The molecule has 0 aromatic heterocycles. The van der Waals surface area contributed by atoms with Crippen LogP contribution in [0.3, 0.4) is 0 Å². The maximum Gasteiger partial charge on any atom is 0.256 e. The molecule has 3 aromatic carbocycles. The number of carbonyl (C=O) groups excluding carboxylic acids is 2.